The maximum absolute atomic E-state index is 11.9. The molecule has 122 valence electrons. The first-order chi connectivity index (χ1) is 11.6. The van der Waals surface area contributed by atoms with Gasteiger partial charge in [0.1, 0.15) is 5.75 Å². The van der Waals surface area contributed by atoms with Crippen LogP contribution in [0.5, 0.6) is 5.75 Å². The number of benzene rings is 2. The number of hydrogen-bond acceptors (Lipinski definition) is 5. The highest BCUT2D eigenvalue weighted by atomic mass is 16.6. The number of carbonyl (C=O) groups is 1. The molecule has 0 fully saturated rings. The molecule has 0 atom stereocenters. The minimum Gasteiger partial charge on any atom is -0.494 e. The molecule has 6 nitrogen and oxygen atoms in total. The molecule has 6 heteroatoms. The maximum Gasteiger partial charge on any atom is 0.344 e. The first-order valence-electron chi connectivity index (χ1n) is 7.55. The first kappa shape index (κ1) is 15.7. The van der Waals surface area contributed by atoms with E-state index in [1.54, 1.807) is 48.5 Å². The monoisotopic (exact) mass is 325 g/mol. The molecule has 0 aliphatic carbocycles. The Morgan fingerprint density at radius 1 is 1.12 bits per heavy atom. The van der Waals surface area contributed by atoms with E-state index in [1.807, 2.05) is 6.92 Å². The van der Waals surface area contributed by atoms with E-state index >= 15 is 0 Å². The van der Waals surface area contributed by atoms with E-state index < -0.39 is 10.9 Å². The average Bonchev–Trinajstić information content (AvgIpc) is 2.91. The summed E-state index contributed by atoms with van der Waals surface area (Å²) in [6.45, 7) is 2.57. The minimum absolute atomic E-state index is 0.0252. The normalized spacial score (nSPS) is 14.8. The van der Waals surface area contributed by atoms with Gasteiger partial charge in [0.25, 0.3) is 0 Å². The third-order valence-corrected chi connectivity index (χ3v) is 3.58. The highest BCUT2D eigenvalue weighted by Crippen LogP contribution is 2.36. The van der Waals surface area contributed by atoms with Gasteiger partial charge in [-0.05, 0) is 36.8 Å². The third kappa shape index (κ3) is 2.86. The van der Waals surface area contributed by atoms with Gasteiger partial charge in [-0.25, -0.2) is 4.79 Å². The second kappa shape index (κ2) is 6.54. The van der Waals surface area contributed by atoms with Crippen LogP contribution in [-0.2, 0) is 4.74 Å². The number of rotatable bonds is 5. The number of ether oxygens (including phenoxy) is 2. The Bertz CT molecular complexity index is 824. The van der Waals surface area contributed by atoms with Crippen molar-refractivity contribution in [1.29, 1.82) is 0 Å². The Morgan fingerprint density at radius 2 is 1.79 bits per heavy atom. The van der Waals surface area contributed by atoms with E-state index in [9.17, 15) is 14.9 Å². The first-order valence-corrected chi connectivity index (χ1v) is 7.55. The fourth-order valence-corrected chi connectivity index (χ4v) is 2.49. The molecule has 3 rings (SSSR count). The lowest BCUT2D eigenvalue weighted by Crippen LogP contribution is -2.03. The molecule has 0 unspecified atom stereocenters. The fourth-order valence-electron chi connectivity index (χ4n) is 2.49. The van der Waals surface area contributed by atoms with Crippen LogP contribution in [-0.4, -0.2) is 17.5 Å². The number of hydrogen-bond donors (Lipinski definition) is 0. The summed E-state index contributed by atoms with van der Waals surface area (Å²) in [5.41, 5.74) is 0.869. The molecular weight excluding hydrogens is 310 g/mol. The van der Waals surface area contributed by atoms with E-state index in [2.05, 4.69) is 0 Å². The Morgan fingerprint density at radius 3 is 2.42 bits per heavy atom. The molecule has 0 amide bonds. The van der Waals surface area contributed by atoms with Gasteiger partial charge in [-0.1, -0.05) is 25.1 Å². The predicted octanol–water partition coefficient (Wildman–Crippen LogP) is 3.75. The van der Waals surface area contributed by atoms with Crippen molar-refractivity contribution in [2.75, 3.05) is 6.61 Å². The largest absolute Gasteiger partial charge is 0.494 e. The number of esters is 1. The van der Waals surface area contributed by atoms with Crippen LogP contribution in [0.25, 0.3) is 11.5 Å². The van der Waals surface area contributed by atoms with Crippen LogP contribution in [0.15, 0.2) is 48.5 Å². The summed E-state index contributed by atoms with van der Waals surface area (Å²) in [5, 5.41) is 11.6. The second-order valence-electron chi connectivity index (χ2n) is 5.24. The van der Waals surface area contributed by atoms with Gasteiger partial charge in [-0.15, -0.1) is 0 Å². The topological polar surface area (TPSA) is 78.7 Å². The number of nitrogens with zero attached hydrogens (tertiary/aromatic N) is 1. The van der Waals surface area contributed by atoms with E-state index in [1.165, 1.54) is 0 Å². The molecule has 2 aromatic carbocycles. The molecule has 0 aromatic heterocycles. The second-order valence-corrected chi connectivity index (χ2v) is 5.24. The number of carbonyl (C=O) groups excluding carboxylic acids is 1. The van der Waals surface area contributed by atoms with Crippen molar-refractivity contribution in [3.05, 3.63) is 75.3 Å². The number of nitro groups is 1. The van der Waals surface area contributed by atoms with E-state index in [-0.39, 0.29) is 11.5 Å². The van der Waals surface area contributed by atoms with Crippen molar-refractivity contribution in [2.45, 2.75) is 13.3 Å². The molecule has 1 heterocycles. The van der Waals surface area contributed by atoms with E-state index in [0.717, 1.165) is 6.42 Å². The van der Waals surface area contributed by atoms with Crippen molar-refractivity contribution in [1.82, 2.24) is 0 Å². The van der Waals surface area contributed by atoms with Crippen molar-refractivity contribution < 1.29 is 19.2 Å². The average molecular weight is 325 g/mol. The maximum atomic E-state index is 11.9. The van der Waals surface area contributed by atoms with Crippen LogP contribution >= 0.6 is 0 Å². The number of cyclic esters (lactones) is 1. The predicted molar refractivity (Wildman–Crippen MR) is 87.9 cm³/mol. The van der Waals surface area contributed by atoms with Crippen molar-refractivity contribution in [2.24, 2.45) is 0 Å². The molecule has 1 aliphatic rings. The van der Waals surface area contributed by atoms with Crippen LogP contribution < -0.4 is 4.74 Å². The van der Waals surface area contributed by atoms with Crippen LogP contribution in [0.4, 0.5) is 0 Å². The Labute approximate surface area is 138 Å². The van der Waals surface area contributed by atoms with Gasteiger partial charge in [-0.3, -0.25) is 10.1 Å². The summed E-state index contributed by atoms with van der Waals surface area (Å²) in [4.78, 5) is 23.0. The molecule has 2 aromatic rings. The molecule has 24 heavy (non-hydrogen) atoms. The highest BCUT2D eigenvalue weighted by Gasteiger charge is 2.34. The van der Waals surface area contributed by atoms with Crippen molar-refractivity contribution in [3.8, 4) is 5.75 Å². The van der Waals surface area contributed by atoms with Gasteiger partial charge in [0, 0.05) is 5.56 Å². The minimum atomic E-state index is -0.581. The zero-order chi connectivity index (χ0) is 17.1. The van der Waals surface area contributed by atoms with Crippen molar-refractivity contribution >= 4 is 17.4 Å². The molecule has 0 saturated carbocycles. The van der Waals surface area contributed by atoms with E-state index in [0.29, 0.717) is 29.0 Å². The molecule has 1 aliphatic heterocycles. The standard InChI is InChI=1S/C18H15NO5/c1-2-11-23-13-9-7-12(8-10-13)16(19(21)22)17-14-5-3-4-6-15(14)18(20)24-17/h3-10H,2,11H2,1H3/b17-16-. The zero-order valence-corrected chi connectivity index (χ0v) is 13.0. The fraction of sp³-hybridized carbons (Fsp3) is 0.167. The summed E-state index contributed by atoms with van der Waals surface area (Å²) < 4.78 is 10.7. The Balaban J connectivity index is 2.06. The van der Waals surface area contributed by atoms with Gasteiger partial charge in [0.05, 0.1) is 22.7 Å². The molecule has 0 spiro atoms. The lowest BCUT2D eigenvalue weighted by molar-refractivity contribution is -0.375. The van der Waals surface area contributed by atoms with Crippen LogP contribution in [0, 0.1) is 10.1 Å². The summed E-state index contributed by atoms with van der Waals surface area (Å²) in [5.74, 6) is 0.0304. The van der Waals surface area contributed by atoms with Crippen molar-refractivity contribution in [3.63, 3.8) is 0 Å². The van der Waals surface area contributed by atoms with Gasteiger partial charge in [0.2, 0.25) is 5.76 Å². The summed E-state index contributed by atoms with van der Waals surface area (Å²) in [6, 6.07) is 13.1. The van der Waals surface area contributed by atoms with Crippen LogP contribution in [0.1, 0.15) is 34.8 Å². The quantitative estimate of drug-likeness (QED) is 0.475. The van der Waals surface area contributed by atoms with Gasteiger partial charge in [0.15, 0.2) is 0 Å². The molecule has 0 saturated heterocycles. The Hall–Kier alpha value is -3.15. The number of fused-ring (bicyclic) bond motifs is 1. The SMILES string of the molecule is CCCOc1ccc(/C(=C2/OC(=O)c3ccccc32)[N+](=O)[O-])cc1. The Kier molecular flexibility index (Phi) is 4.29. The van der Waals surface area contributed by atoms with Crippen LogP contribution in [0.3, 0.4) is 0 Å². The third-order valence-electron chi connectivity index (χ3n) is 3.58. The summed E-state index contributed by atoms with van der Waals surface area (Å²) in [6.07, 6.45) is 0.874. The van der Waals surface area contributed by atoms with Gasteiger partial charge < -0.3 is 9.47 Å². The van der Waals surface area contributed by atoms with Gasteiger partial charge >= 0.3 is 11.7 Å². The molecule has 0 bridgehead atoms. The summed E-state index contributed by atoms with van der Waals surface area (Å²) >= 11 is 0. The zero-order valence-electron chi connectivity index (χ0n) is 13.0. The lowest BCUT2D eigenvalue weighted by atomic mass is 10.0. The van der Waals surface area contributed by atoms with Crippen LogP contribution in [0.2, 0.25) is 0 Å². The highest BCUT2D eigenvalue weighted by molar-refractivity contribution is 6.06. The lowest BCUT2D eigenvalue weighted by Gasteiger charge is -2.06. The molecule has 0 N–H and O–H groups in total. The van der Waals surface area contributed by atoms with Gasteiger partial charge in [-0.2, -0.15) is 0 Å². The van der Waals surface area contributed by atoms with E-state index in [4.69, 9.17) is 9.47 Å². The summed E-state index contributed by atoms with van der Waals surface area (Å²) in [7, 11) is 0. The molecular formula is C18H15NO5. The smallest absolute Gasteiger partial charge is 0.344 e. The molecule has 0 radical (unpaired) electrons.